The predicted molar refractivity (Wildman–Crippen MR) is 158 cm³/mol. The molecule has 0 aromatic heterocycles. The summed E-state index contributed by atoms with van der Waals surface area (Å²) in [5.74, 6) is -2.53. The van der Waals surface area contributed by atoms with Crippen LogP contribution < -0.4 is 5.32 Å². The Hall–Kier alpha value is -2.79. The van der Waals surface area contributed by atoms with E-state index in [9.17, 15) is 29.4 Å². The number of Topliss-reactive ketones (excluding diaryl/α,β-unsaturated/α-hetero) is 1. The van der Waals surface area contributed by atoms with E-state index in [1.54, 1.807) is 47.6 Å². The number of ether oxygens (including phenoxy) is 3. The van der Waals surface area contributed by atoms with Gasteiger partial charge in [0.15, 0.2) is 18.1 Å². The minimum Gasteiger partial charge on any atom is -0.444 e. The number of carbonyl (C=O) groups excluding carboxylic acids is 4. The summed E-state index contributed by atoms with van der Waals surface area (Å²) in [4.78, 5) is 49.5. The number of aliphatic hydroxyl groups is 2. The second-order valence-electron chi connectivity index (χ2n) is 14.5. The van der Waals surface area contributed by atoms with Crippen molar-refractivity contribution in [3.8, 4) is 0 Å². The van der Waals surface area contributed by atoms with E-state index < -0.39 is 76.2 Å². The van der Waals surface area contributed by atoms with Gasteiger partial charge >= 0.3 is 12.2 Å². The third-order valence-electron chi connectivity index (χ3n) is 10.7. The molecule has 11 heteroatoms. The topological polar surface area (TPSA) is 148 Å². The quantitative estimate of drug-likeness (QED) is 0.245. The van der Waals surface area contributed by atoms with Gasteiger partial charge in [-0.15, -0.1) is 0 Å². The highest BCUT2D eigenvalue weighted by Gasteiger charge is 2.75. The predicted octanol–water partition coefficient (Wildman–Crippen LogP) is 4.75. The van der Waals surface area contributed by atoms with Crippen LogP contribution in [0.5, 0.6) is 0 Å². The van der Waals surface area contributed by atoms with Gasteiger partial charge in [-0.3, -0.25) is 9.59 Å². The van der Waals surface area contributed by atoms with Gasteiger partial charge in [0.1, 0.15) is 11.2 Å². The van der Waals surface area contributed by atoms with E-state index in [4.69, 9.17) is 14.2 Å². The fraction of sp³-hybridized carbons (Fsp3) is 0.758. The number of alkyl carbamates (subject to hydrolysis) is 1. The van der Waals surface area contributed by atoms with E-state index in [0.717, 1.165) is 0 Å². The number of fused-ring (bicyclic) bond motifs is 5. The van der Waals surface area contributed by atoms with Crippen LogP contribution in [0, 0.1) is 28.6 Å². The summed E-state index contributed by atoms with van der Waals surface area (Å²) >= 11 is 0. The third-order valence-corrected chi connectivity index (χ3v) is 10.7. The van der Waals surface area contributed by atoms with Crippen LogP contribution in [0.15, 0.2) is 23.8 Å². The first kappa shape index (κ1) is 34.1. The maximum absolute atomic E-state index is 17.3. The lowest BCUT2D eigenvalue weighted by Gasteiger charge is -2.62. The second-order valence-corrected chi connectivity index (χ2v) is 14.5. The number of hydrogen-bond donors (Lipinski definition) is 3. The van der Waals surface area contributed by atoms with Crippen LogP contribution in [-0.4, -0.2) is 76.8 Å². The molecule has 10 nitrogen and oxygen atoms in total. The number of hydrogen-bond acceptors (Lipinski definition) is 9. The zero-order chi connectivity index (χ0) is 32.7. The van der Waals surface area contributed by atoms with Gasteiger partial charge in [0.2, 0.25) is 5.78 Å². The van der Waals surface area contributed by atoms with Crippen molar-refractivity contribution in [2.24, 2.45) is 28.6 Å². The number of alkyl halides is 1. The molecule has 0 spiro atoms. The minimum atomic E-state index is -2.07. The van der Waals surface area contributed by atoms with Gasteiger partial charge in [0.25, 0.3) is 0 Å². The average molecular weight is 622 g/mol. The number of halogens is 1. The fourth-order valence-electron chi connectivity index (χ4n) is 8.48. The molecule has 0 aromatic carbocycles. The van der Waals surface area contributed by atoms with Crippen LogP contribution in [0.1, 0.15) is 86.5 Å². The molecule has 4 aliphatic rings. The van der Waals surface area contributed by atoms with Crippen LogP contribution in [0.3, 0.4) is 0 Å². The number of ketones is 2. The SMILES string of the molecule is C[C@H]1C[C@H]2[C@@H]3CCC4=CC(=O)C=C[C@]4(C)[C@@]3(F)[C@@H](O)C[C@]2(C)[C@@]1(O)C(=O)COC(=O)OCCCCCNC(=O)OC(C)(C)C. The van der Waals surface area contributed by atoms with Crippen molar-refractivity contribution in [3.63, 3.8) is 0 Å². The molecule has 0 saturated heterocycles. The molecule has 4 rings (SSSR count). The van der Waals surface area contributed by atoms with Gasteiger partial charge in [-0.1, -0.05) is 25.5 Å². The summed E-state index contributed by atoms with van der Waals surface area (Å²) < 4.78 is 32.6. The van der Waals surface area contributed by atoms with Crippen molar-refractivity contribution in [3.05, 3.63) is 23.8 Å². The lowest BCUT2D eigenvalue weighted by atomic mass is 9.44. The number of rotatable bonds is 9. The Morgan fingerprint density at radius 1 is 1.11 bits per heavy atom. The van der Waals surface area contributed by atoms with Crippen LogP contribution in [0.25, 0.3) is 0 Å². The molecule has 0 radical (unpaired) electrons. The van der Waals surface area contributed by atoms with E-state index in [2.05, 4.69) is 5.32 Å². The standard InChI is InChI=1S/C33H48FNO9/c1-20-16-24-23-11-10-21-17-22(36)12-13-30(21,5)32(23,34)25(37)18-31(24,6)33(20,41)26(38)19-43-28(40)42-15-9-7-8-14-35-27(39)44-29(2,3)4/h12-13,17,20,23-25,37,41H,7-11,14-16,18-19H2,1-6H3,(H,35,39)/t20-,23-,24-,25-,30-,31-,32-,33-/m0/s1. The first-order valence-electron chi connectivity index (χ1n) is 15.7. The number of allylic oxidation sites excluding steroid dienone is 4. The molecule has 246 valence electrons. The first-order valence-corrected chi connectivity index (χ1v) is 15.7. The Morgan fingerprint density at radius 3 is 2.50 bits per heavy atom. The van der Waals surface area contributed by atoms with E-state index in [1.807, 2.05) is 0 Å². The number of carbonyl (C=O) groups is 4. The third kappa shape index (κ3) is 5.82. The summed E-state index contributed by atoms with van der Waals surface area (Å²) in [6, 6.07) is 0. The van der Waals surface area contributed by atoms with Crippen molar-refractivity contribution in [1.29, 1.82) is 0 Å². The number of nitrogens with one attached hydrogen (secondary N) is 1. The molecule has 0 unspecified atom stereocenters. The largest absolute Gasteiger partial charge is 0.508 e. The maximum atomic E-state index is 17.3. The normalized spacial score (nSPS) is 37.7. The van der Waals surface area contributed by atoms with E-state index in [1.165, 1.54) is 12.2 Å². The van der Waals surface area contributed by atoms with E-state index in [-0.39, 0.29) is 18.8 Å². The van der Waals surface area contributed by atoms with Gasteiger partial charge < -0.3 is 29.7 Å². The summed E-state index contributed by atoms with van der Waals surface area (Å²) in [5.41, 5.74) is -6.26. The molecule has 8 atom stereocenters. The maximum Gasteiger partial charge on any atom is 0.508 e. The average Bonchev–Trinajstić information content (AvgIpc) is 3.12. The molecule has 3 saturated carbocycles. The molecule has 3 N–H and O–H groups in total. The molecule has 3 fully saturated rings. The Morgan fingerprint density at radius 2 is 1.82 bits per heavy atom. The monoisotopic (exact) mass is 621 g/mol. The van der Waals surface area contributed by atoms with Crippen molar-refractivity contribution in [2.75, 3.05) is 19.8 Å². The molecule has 44 heavy (non-hydrogen) atoms. The molecule has 0 bridgehead atoms. The first-order chi connectivity index (χ1) is 20.4. The molecule has 0 heterocycles. The van der Waals surface area contributed by atoms with Crippen molar-refractivity contribution in [2.45, 2.75) is 109 Å². The Kier molecular flexibility index (Phi) is 9.45. The van der Waals surface area contributed by atoms with Crippen LogP contribution in [0.2, 0.25) is 0 Å². The zero-order valence-electron chi connectivity index (χ0n) is 26.7. The summed E-state index contributed by atoms with van der Waals surface area (Å²) in [6.45, 7) is 10.3. The van der Waals surface area contributed by atoms with Gasteiger partial charge in [0, 0.05) is 23.3 Å². The summed E-state index contributed by atoms with van der Waals surface area (Å²) in [5, 5.41) is 26.1. The molecular formula is C33H48FNO9. The molecule has 0 aromatic rings. The van der Waals surface area contributed by atoms with Crippen LogP contribution in [0.4, 0.5) is 14.0 Å². The number of aliphatic hydroxyl groups excluding tert-OH is 1. The van der Waals surface area contributed by atoms with Crippen molar-refractivity contribution in [1.82, 2.24) is 5.32 Å². The van der Waals surface area contributed by atoms with Crippen LogP contribution in [-0.2, 0) is 23.8 Å². The lowest BCUT2D eigenvalue weighted by Crippen LogP contribution is -2.69. The Labute approximate surface area is 258 Å². The van der Waals surface area contributed by atoms with Gasteiger partial charge in [-0.25, -0.2) is 14.0 Å². The van der Waals surface area contributed by atoms with Gasteiger partial charge in [0.05, 0.1) is 12.7 Å². The molecular weight excluding hydrogens is 573 g/mol. The lowest BCUT2D eigenvalue weighted by molar-refractivity contribution is -0.219. The molecule has 4 aliphatic carbocycles. The summed E-state index contributed by atoms with van der Waals surface area (Å²) in [6.07, 6.45) is 4.28. The zero-order valence-corrected chi connectivity index (χ0v) is 26.7. The van der Waals surface area contributed by atoms with Gasteiger partial charge in [-0.05, 0) is 96.6 Å². The minimum absolute atomic E-state index is 0.0572. The fourth-order valence-corrected chi connectivity index (χ4v) is 8.48. The molecule has 1 amide bonds. The number of unbranched alkanes of at least 4 members (excludes halogenated alkanes) is 2. The number of amides is 1. The van der Waals surface area contributed by atoms with E-state index >= 15 is 4.39 Å². The Bertz CT molecular complexity index is 1230. The highest BCUT2D eigenvalue weighted by molar-refractivity contribution is 6.01. The molecule has 0 aliphatic heterocycles. The van der Waals surface area contributed by atoms with Gasteiger partial charge in [-0.2, -0.15) is 0 Å². The summed E-state index contributed by atoms with van der Waals surface area (Å²) in [7, 11) is 0. The highest BCUT2D eigenvalue weighted by atomic mass is 19.1. The van der Waals surface area contributed by atoms with E-state index in [0.29, 0.717) is 50.6 Å². The van der Waals surface area contributed by atoms with Crippen molar-refractivity contribution >= 4 is 23.8 Å². The Balaban J connectivity index is 1.31. The second kappa shape index (κ2) is 12.2. The van der Waals surface area contributed by atoms with Crippen LogP contribution >= 0.6 is 0 Å². The van der Waals surface area contributed by atoms with Crippen molar-refractivity contribution < 1.29 is 48.0 Å². The smallest absolute Gasteiger partial charge is 0.444 e. The highest BCUT2D eigenvalue weighted by Crippen LogP contribution is 2.70.